The van der Waals surface area contributed by atoms with Gasteiger partial charge in [0.15, 0.2) is 0 Å². The fourth-order valence-corrected chi connectivity index (χ4v) is 1.64. The van der Waals surface area contributed by atoms with Crippen LogP contribution in [0.4, 0.5) is 5.69 Å². The van der Waals surface area contributed by atoms with Crippen LogP contribution in [0.3, 0.4) is 0 Å². The lowest BCUT2D eigenvalue weighted by molar-refractivity contribution is -0.385. The third-order valence-electron chi connectivity index (χ3n) is 2.15. The highest BCUT2D eigenvalue weighted by molar-refractivity contribution is 9.10. The van der Waals surface area contributed by atoms with Gasteiger partial charge in [0.1, 0.15) is 6.33 Å². The third kappa shape index (κ3) is 2.62. The monoisotopic (exact) mass is 309 g/mol. The van der Waals surface area contributed by atoms with Crippen LogP contribution in [0.2, 0.25) is 0 Å². The van der Waals surface area contributed by atoms with Gasteiger partial charge in [-0.25, -0.2) is 9.97 Å². The van der Waals surface area contributed by atoms with Crippen molar-refractivity contribution in [3.8, 4) is 11.6 Å². The summed E-state index contributed by atoms with van der Waals surface area (Å²) in [7, 11) is 0. The van der Waals surface area contributed by atoms with Crippen molar-refractivity contribution in [3.05, 3.63) is 50.9 Å². The number of ether oxygens (including phenoxy) is 1. The number of rotatable bonds is 3. The summed E-state index contributed by atoms with van der Waals surface area (Å²) in [6.45, 7) is 1.78. The van der Waals surface area contributed by atoms with Gasteiger partial charge in [-0.3, -0.25) is 10.1 Å². The summed E-state index contributed by atoms with van der Waals surface area (Å²) in [6.07, 6.45) is 2.81. The van der Waals surface area contributed by atoms with E-state index in [4.69, 9.17) is 4.74 Å². The molecular formula is C11H8BrN3O3. The molecule has 0 saturated heterocycles. The van der Waals surface area contributed by atoms with Gasteiger partial charge in [0.25, 0.3) is 0 Å². The predicted octanol–water partition coefficient (Wildman–Crippen LogP) is 3.25. The molecule has 0 amide bonds. The maximum Gasteiger partial charge on any atom is 0.311 e. The third-order valence-corrected chi connectivity index (χ3v) is 2.70. The van der Waals surface area contributed by atoms with Crippen LogP contribution < -0.4 is 4.74 Å². The first kappa shape index (κ1) is 12.4. The molecule has 0 aliphatic rings. The molecule has 6 nitrogen and oxygen atoms in total. The number of nitrogens with zero attached hydrogens (tertiary/aromatic N) is 3. The number of nitro groups is 1. The van der Waals surface area contributed by atoms with E-state index in [1.165, 1.54) is 18.6 Å². The van der Waals surface area contributed by atoms with Crippen LogP contribution in [0.25, 0.3) is 0 Å². The topological polar surface area (TPSA) is 78.2 Å². The number of hydrogen-bond acceptors (Lipinski definition) is 5. The average molecular weight is 310 g/mol. The van der Waals surface area contributed by atoms with Gasteiger partial charge in [-0.1, -0.05) is 6.07 Å². The van der Waals surface area contributed by atoms with Crippen LogP contribution in [0.1, 0.15) is 5.56 Å². The Kier molecular flexibility index (Phi) is 3.52. The minimum absolute atomic E-state index is 0.0967. The van der Waals surface area contributed by atoms with Crippen molar-refractivity contribution in [2.75, 3.05) is 0 Å². The summed E-state index contributed by atoms with van der Waals surface area (Å²) in [4.78, 5) is 18.1. The van der Waals surface area contributed by atoms with Crippen LogP contribution in [-0.4, -0.2) is 14.9 Å². The van der Waals surface area contributed by atoms with Crippen molar-refractivity contribution in [2.24, 2.45) is 0 Å². The van der Waals surface area contributed by atoms with E-state index >= 15 is 0 Å². The zero-order valence-electron chi connectivity index (χ0n) is 9.33. The van der Waals surface area contributed by atoms with Crippen LogP contribution >= 0.6 is 15.9 Å². The Morgan fingerprint density at radius 1 is 1.44 bits per heavy atom. The van der Waals surface area contributed by atoms with Gasteiger partial charge in [-0.15, -0.1) is 0 Å². The van der Waals surface area contributed by atoms with Gasteiger partial charge in [-0.05, 0) is 34.5 Å². The Hall–Kier alpha value is -2.02. The molecule has 1 aromatic carbocycles. The molecule has 0 radical (unpaired) electrons. The second-order valence-corrected chi connectivity index (χ2v) is 4.36. The number of hydrogen-bond donors (Lipinski definition) is 0. The van der Waals surface area contributed by atoms with Crippen LogP contribution in [-0.2, 0) is 0 Å². The Labute approximate surface area is 111 Å². The highest BCUT2D eigenvalue weighted by atomic mass is 79.9. The van der Waals surface area contributed by atoms with Crippen molar-refractivity contribution >= 4 is 21.6 Å². The maximum absolute atomic E-state index is 10.9. The van der Waals surface area contributed by atoms with E-state index < -0.39 is 4.92 Å². The molecule has 18 heavy (non-hydrogen) atoms. The lowest BCUT2D eigenvalue weighted by Crippen LogP contribution is -1.96. The second-order valence-electron chi connectivity index (χ2n) is 3.51. The van der Waals surface area contributed by atoms with E-state index in [9.17, 15) is 10.1 Å². The molecule has 2 aromatic rings. The number of aromatic nitrogens is 2. The molecule has 0 fully saturated rings. The van der Waals surface area contributed by atoms with E-state index in [2.05, 4.69) is 25.9 Å². The summed E-state index contributed by atoms with van der Waals surface area (Å²) < 4.78 is 5.94. The highest BCUT2D eigenvalue weighted by Crippen LogP contribution is 2.33. The van der Waals surface area contributed by atoms with Crippen molar-refractivity contribution in [3.63, 3.8) is 0 Å². The number of halogens is 1. The molecule has 0 N–H and O–H groups in total. The largest absolute Gasteiger partial charge is 0.431 e. The SMILES string of the molecule is Cc1ccc(Oc2ncncc2Br)c([N+](=O)[O-])c1. The molecule has 0 unspecified atom stereocenters. The molecule has 0 aliphatic heterocycles. The summed E-state index contributed by atoms with van der Waals surface area (Å²) in [5.41, 5.74) is 0.691. The molecule has 0 aliphatic carbocycles. The number of aryl methyl sites for hydroxylation is 1. The van der Waals surface area contributed by atoms with Gasteiger partial charge < -0.3 is 4.74 Å². The van der Waals surface area contributed by atoms with E-state index in [0.29, 0.717) is 4.47 Å². The van der Waals surface area contributed by atoms with Crippen LogP contribution in [0.5, 0.6) is 11.6 Å². The average Bonchev–Trinajstić information content (AvgIpc) is 2.34. The fraction of sp³-hybridized carbons (Fsp3) is 0.0909. The Balaban J connectivity index is 2.41. The minimum Gasteiger partial charge on any atom is -0.431 e. The van der Waals surface area contributed by atoms with Crippen LogP contribution in [0, 0.1) is 17.0 Å². The fourth-order valence-electron chi connectivity index (χ4n) is 1.34. The molecule has 1 heterocycles. The summed E-state index contributed by atoms with van der Waals surface area (Å²) >= 11 is 3.21. The first-order chi connectivity index (χ1) is 8.58. The molecule has 1 aromatic heterocycles. The molecule has 0 saturated carbocycles. The van der Waals surface area contributed by atoms with Crippen molar-refractivity contribution in [1.29, 1.82) is 0 Å². The molecule has 0 bridgehead atoms. The Bertz CT molecular complexity index is 604. The normalized spacial score (nSPS) is 10.1. The zero-order chi connectivity index (χ0) is 13.1. The highest BCUT2D eigenvalue weighted by Gasteiger charge is 2.17. The molecule has 92 valence electrons. The smallest absolute Gasteiger partial charge is 0.311 e. The number of benzene rings is 1. The zero-order valence-corrected chi connectivity index (χ0v) is 10.9. The lowest BCUT2D eigenvalue weighted by Gasteiger charge is -2.06. The summed E-state index contributed by atoms with van der Waals surface area (Å²) in [5, 5.41) is 10.9. The van der Waals surface area contributed by atoms with Crippen LogP contribution in [0.15, 0.2) is 35.2 Å². The molecular weight excluding hydrogens is 302 g/mol. The summed E-state index contributed by atoms with van der Waals surface area (Å²) in [6, 6.07) is 4.73. The maximum atomic E-state index is 10.9. The van der Waals surface area contributed by atoms with Gasteiger partial charge in [0, 0.05) is 12.3 Å². The minimum atomic E-state index is -0.489. The molecule has 0 spiro atoms. The Morgan fingerprint density at radius 2 is 2.22 bits per heavy atom. The molecule has 2 rings (SSSR count). The van der Waals surface area contributed by atoms with E-state index in [1.807, 2.05) is 0 Å². The number of nitro benzene ring substituents is 1. The predicted molar refractivity (Wildman–Crippen MR) is 67.6 cm³/mol. The van der Waals surface area contributed by atoms with Crippen molar-refractivity contribution < 1.29 is 9.66 Å². The van der Waals surface area contributed by atoms with E-state index in [-0.39, 0.29) is 17.3 Å². The van der Waals surface area contributed by atoms with Gasteiger partial charge in [-0.2, -0.15) is 0 Å². The Morgan fingerprint density at radius 3 is 2.89 bits per heavy atom. The lowest BCUT2D eigenvalue weighted by atomic mass is 10.2. The van der Waals surface area contributed by atoms with Gasteiger partial charge in [0.2, 0.25) is 11.6 Å². The molecule has 7 heteroatoms. The van der Waals surface area contributed by atoms with Crippen molar-refractivity contribution in [2.45, 2.75) is 6.92 Å². The molecule has 0 atom stereocenters. The van der Waals surface area contributed by atoms with Gasteiger partial charge >= 0.3 is 5.69 Å². The van der Waals surface area contributed by atoms with Crippen molar-refractivity contribution in [1.82, 2.24) is 9.97 Å². The second kappa shape index (κ2) is 5.09. The quantitative estimate of drug-likeness (QED) is 0.642. The van der Waals surface area contributed by atoms with E-state index in [0.717, 1.165) is 5.56 Å². The standard InChI is InChI=1S/C11H8BrN3O3/c1-7-2-3-10(9(4-7)15(16)17)18-11-8(12)5-13-6-14-11/h2-6H,1H3. The first-order valence-corrected chi connectivity index (χ1v) is 5.75. The first-order valence-electron chi connectivity index (χ1n) is 4.96. The van der Waals surface area contributed by atoms with Gasteiger partial charge in [0.05, 0.1) is 9.40 Å². The van der Waals surface area contributed by atoms with E-state index in [1.54, 1.807) is 19.1 Å². The summed E-state index contributed by atoms with van der Waals surface area (Å²) in [5.74, 6) is 0.377.